The van der Waals surface area contributed by atoms with E-state index in [4.69, 9.17) is 23.2 Å². The number of amides is 2. The normalized spacial score (nSPS) is 10.0. The van der Waals surface area contributed by atoms with Crippen LogP contribution >= 0.6 is 23.2 Å². The Labute approximate surface area is 119 Å². The molecule has 19 heavy (non-hydrogen) atoms. The summed E-state index contributed by atoms with van der Waals surface area (Å²) in [5, 5.41) is 2.42. The number of rotatable bonds is 2. The molecular formula is C13H8Cl2N2O2. The van der Waals surface area contributed by atoms with E-state index in [1.807, 2.05) is 0 Å². The van der Waals surface area contributed by atoms with Crippen LogP contribution in [0.4, 0.5) is 0 Å². The molecule has 0 unspecified atom stereocenters. The molecule has 0 saturated heterocycles. The SMILES string of the molecule is O=C(NC(=O)c1cc(Cl)nc(Cl)c1)c1ccccc1. The predicted molar refractivity (Wildman–Crippen MR) is 72.5 cm³/mol. The van der Waals surface area contributed by atoms with Crippen LogP contribution in [-0.2, 0) is 0 Å². The number of hydrogen-bond acceptors (Lipinski definition) is 3. The Hall–Kier alpha value is -1.91. The van der Waals surface area contributed by atoms with Gasteiger partial charge < -0.3 is 0 Å². The number of aromatic nitrogens is 1. The third kappa shape index (κ3) is 3.53. The molecule has 0 aliphatic rings. The van der Waals surface area contributed by atoms with Gasteiger partial charge in [-0.15, -0.1) is 0 Å². The molecular weight excluding hydrogens is 287 g/mol. The van der Waals surface area contributed by atoms with Gasteiger partial charge in [0, 0.05) is 11.1 Å². The van der Waals surface area contributed by atoms with Gasteiger partial charge in [0.15, 0.2) is 0 Å². The van der Waals surface area contributed by atoms with Crippen molar-refractivity contribution in [1.29, 1.82) is 0 Å². The van der Waals surface area contributed by atoms with Gasteiger partial charge in [0.25, 0.3) is 11.8 Å². The fourth-order valence-electron chi connectivity index (χ4n) is 1.43. The van der Waals surface area contributed by atoms with Crippen molar-refractivity contribution in [2.45, 2.75) is 0 Å². The molecule has 0 spiro atoms. The molecule has 0 aliphatic carbocycles. The zero-order valence-corrected chi connectivity index (χ0v) is 11.1. The summed E-state index contributed by atoms with van der Waals surface area (Å²) in [7, 11) is 0. The maximum atomic E-state index is 11.9. The quantitative estimate of drug-likeness (QED) is 0.684. The number of nitrogens with zero attached hydrogens (tertiary/aromatic N) is 1. The molecule has 0 radical (unpaired) electrons. The highest BCUT2D eigenvalue weighted by Crippen LogP contribution is 2.14. The van der Waals surface area contributed by atoms with Crippen LogP contribution in [-0.4, -0.2) is 16.8 Å². The maximum Gasteiger partial charge on any atom is 0.258 e. The van der Waals surface area contributed by atoms with E-state index >= 15 is 0 Å². The van der Waals surface area contributed by atoms with Crippen molar-refractivity contribution in [3.8, 4) is 0 Å². The molecule has 1 heterocycles. The number of pyridine rings is 1. The summed E-state index contributed by atoms with van der Waals surface area (Å²) in [6, 6.07) is 11.1. The third-order valence-corrected chi connectivity index (χ3v) is 2.68. The zero-order valence-electron chi connectivity index (χ0n) is 9.56. The molecule has 1 aromatic heterocycles. The van der Waals surface area contributed by atoms with Gasteiger partial charge in [0.05, 0.1) is 0 Å². The lowest BCUT2D eigenvalue weighted by atomic mass is 10.2. The first-order valence-electron chi connectivity index (χ1n) is 5.30. The molecule has 2 rings (SSSR count). The molecule has 4 nitrogen and oxygen atoms in total. The number of imide groups is 1. The van der Waals surface area contributed by atoms with Crippen molar-refractivity contribution in [3.63, 3.8) is 0 Å². The number of carbonyl (C=O) groups is 2. The molecule has 6 heteroatoms. The fraction of sp³-hybridized carbons (Fsp3) is 0. The second-order valence-electron chi connectivity index (χ2n) is 3.65. The lowest BCUT2D eigenvalue weighted by molar-refractivity contribution is 0.0849. The van der Waals surface area contributed by atoms with Gasteiger partial charge in [-0.25, -0.2) is 4.98 Å². The van der Waals surface area contributed by atoms with E-state index in [0.717, 1.165) is 0 Å². The van der Waals surface area contributed by atoms with Gasteiger partial charge in [-0.05, 0) is 24.3 Å². The average molecular weight is 295 g/mol. The smallest absolute Gasteiger partial charge is 0.258 e. The summed E-state index contributed by atoms with van der Waals surface area (Å²) in [6.07, 6.45) is 0. The number of hydrogen-bond donors (Lipinski definition) is 1. The fourth-order valence-corrected chi connectivity index (χ4v) is 1.89. The highest BCUT2D eigenvalue weighted by Gasteiger charge is 2.13. The maximum absolute atomic E-state index is 11.9. The number of carbonyl (C=O) groups excluding carboxylic acids is 2. The van der Waals surface area contributed by atoms with Crippen molar-refractivity contribution < 1.29 is 9.59 Å². The molecule has 0 fully saturated rings. The monoisotopic (exact) mass is 294 g/mol. The van der Waals surface area contributed by atoms with E-state index in [-0.39, 0.29) is 15.9 Å². The summed E-state index contributed by atoms with van der Waals surface area (Å²) in [4.78, 5) is 27.4. The molecule has 2 aromatic rings. The van der Waals surface area contributed by atoms with Crippen LogP contribution < -0.4 is 5.32 Å². The van der Waals surface area contributed by atoms with E-state index < -0.39 is 11.8 Å². The minimum atomic E-state index is -0.583. The molecule has 1 aromatic carbocycles. The Balaban J connectivity index is 2.15. The first-order valence-corrected chi connectivity index (χ1v) is 6.05. The van der Waals surface area contributed by atoms with Gasteiger partial charge in [-0.2, -0.15) is 0 Å². The van der Waals surface area contributed by atoms with Crippen LogP contribution in [0.5, 0.6) is 0 Å². The molecule has 0 saturated carbocycles. The molecule has 2 amide bonds. The lowest BCUT2D eigenvalue weighted by Crippen LogP contribution is -2.30. The van der Waals surface area contributed by atoms with Gasteiger partial charge in [-0.1, -0.05) is 41.4 Å². The summed E-state index contributed by atoms with van der Waals surface area (Å²) < 4.78 is 0. The van der Waals surface area contributed by atoms with Crippen molar-refractivity contribution in [2.24, 2.45) is 0 Å². The molecule has 0 aliphatic heterocycles. The van der Waals surface area contributed by atoms with Gasteiger partial charge >= 0.3 is 0 Å². The van der Waals surface area contributed by atoms with Crippen LogP contribution in [0.2, 0.25) is 10.3 Å². The second-order valence-corrected chi connectivity index (χ2v) is 4.43. The van der Waals surface area contributed by atoms with Crippen molar-refractivity contribution in [2.75, 3.05) is 0 Å². The lowest BCUT2D eigenvalue weighted by Gasteiger charge is -2.04. The average Bonchev–Trinajstić information content (AvgIpc) is 2.38. The second kappa shape index (κ2) is 5.82. The zero-order chi connectivity index (χ0) is 13.8. The van der Waals surface area contributed by atoms with Gasteiger partial charge in [0.1, 0.15) is 10.3 Å². The Morgan fingerprint density at radius 1 is 0.895 bits per heavy atom. The standard InChI is InChI=1S/C13H8Cl2N2O2/c14-10-6-9(7-11(15)16-10)13(19)17-12(18)8-4-2-1-3-5-8/h1-7H,(H,17,18,19). The van der Waals surface area contributed by atoms with Crippen molar-refractivity contribution >= 4 is 35.0 Å². The highest BCUT2D eigenvalue weighted by atomic mass is 35.5. The Morgan fingerprint density at radius 3 is 2.00 bits per heavy atom. The van der Waals surface area contributed by atoms with Gasteiger partial charge in [0.2, 0.25) is 0 Å². The van der Waals surface area contributed by atoms with E-state index in [1.165, 1.54) is 12.1 Å². The van der Waals surface area contributed by atoms with E-state index in [9.17, 15) is 9.59 Å². The van der Waals surface area contributed by atoms with Crippen LogP contribution in [0, 0.1) is 0 Å². The summed E-state index contributed by atoms with van der Waals surface area (Å²) in [6.45, 7) is 0. The van der Waals surface area contributed by atoms with Crippen molar-refractivity contribution in [3.05, 3.63) is 63.9 Å². The third-order valence-electron chi connectivity index (χ3n) is 2.29. The Kier molecular flexibility index (Phi) is 4.14. The largest absolute Gasteiger partial charge is 0.288 e. The van der Waals surface area contributed by atoms with Crippen molar-refractivity contribution in [1.82, 2.24) is 10.3 Å². The topological polar surface area (TPSA) is 59.1 Å². The van der Waals surface area contributed by atoms with Crippen LogP contribution in [0.15, 0.2) is 42.5 Å². The first kappa shape index (κ1) is 13.5. The minimum absolute atomic E-state index is 0.0878. The Bertz CT molecular complexity index is 610. The first-order chi connectivity index (χ1) is 9.06. The minimum Gasteiger partial charge on any atom is -0.288 e. The Morgan fingerprint density at radius 2 is 1.42 bits per heavy atom. The predicted octanol–water partition coefficient (Wildman–Crippen LogP) is 2.96. The number of nitrogens with one attached hydrogen (secondary N) is 1. The van der Waals surface area contributed by atoms with Crippen LogP contribution in [0.1, 0.15) is 20.7 Å². The van der Waals surface area contributed by atoms with E-state index in [1.54, 1.807) is 30.3 Å². The van der Waals surface area contributed by atoms with Crippen LogP contribution in [0.25, 0.3) is 0 Å². The van der Waals surface area contributed by atoms with E-state index in [2.05, 4.69) is 10.3 Å². The van der Waals surface area contributed by atoms with E-state index in [0.29, 0.717) is 5.56 Å². The summed E-state index contributed by atoms with van der Waals surface area (Å²) in [5.41, 5.74) is 0.566. The highest BCUT2D eigenvalue weighted by molar-refractivity contribution is 6.33. The van der Waals surface area contributed by atoms with Crippen LogP contribution in [0.3, 0.4) is 0 Å². The molecule has 0 atom stereocenters. The summed E-state index contributed by atoms with van der Waals surface area (Å²) >= 11 is 11.4. The number of benzene rings is 1. The molecule has 1 N–H and O–H groups in total. The van der Waals surface area contributed by atoms with Gasteiger partial charge in [-0.3, -0.25) is 14.9 Å². The number of halogens is 2. The summed E-state index contributed by atoms with van der Waals surface area (Å²) in [5.74, 6) is -1.07. The molecule has 0 bridgehead atoms. The molecule has 96 valence electrons.